The maximum atomic E-state index is 6.41. The van der Waals surface area contributed by atoms with Gasteiger partial charge in [-0.3, -0.25) is 0 Å². The van der Waals surface area contributed by atoms with E-state index in [4.69, 9.17) is 11.6 Å². The molecular weight excluding hydrogens is 228 g/mol. The fourth-order valence-corrected chi connectivity index (χ4v) is 3.23. The highest BCUT2D eigenvalue weighted by molar-refractivity contribution is 6.20. The Labute approximate surface area is 109 Å². The molecule has 1 heteroatoms. The largest absolute Gasteiger partial charge is 0.123 e. The first kappa shape index (κ1) is 11.6. The Morgan fingerprint density at radius 1 is 1.12 bits per heavy atom. The summed E-state index contributed by atoms with van der Waals surface area (Å²) in [4.78, 5) is 0. The molecule has 1 atom stereocenters. The van der Waals surface area contributed by atoms with E-state index < -0.39 is 0 Å². The first-order valence-corrected chi connectivity index (χ1v) is 7.50. The van der Waals surface area contributed by atoms with Crippen molar-refractivity contribution in [3.8, 4) is 0 Å². The summed E-state index contributed by atoms with van der Waals surface area (Å²) < 4.78 is 0. The molecule has 2 fully saturated rings. The second-order valence-corrected chi connectivity index (χ2v) is 6.28. The van der Waals surface area contributed by atoms with Crippen LogP contribution in [-0.4, -0.2) is 5.38 Å². The molecule has 0 nitrogen and oxygen atoms in total. The predicted molar refractivity (Wildman–Crippen MR) is 73.7 cm³/mol. The maximum absolute atomic E-state index is 6.41. The Morgan fingerprint density at radius 3 is 2.53 bits per heavy atom. The number of rotatable bonds is 5. The van der Waals surface area contributed by atoms with Crippen LogP contribution in [0.15, 0.2) is 24.3 Å². The van der Waals surface area contributed by atoms with E-state index in [0.29, 0.717) is 5.38 Å². The van der Waals surface area contributed by atoms with E-state index in [1.165, 1.54) is 38.5 Å². The molecule has 1 aromatic carbocycles. The van der Waals surface area contributed by atoms with Gasteiger partial charge >= 0.3 is 0 Å². The van der Waals surface area contributed by atoms with Crippen molar-refractivity contribution < 1.29 is 0 Å². The van der Waals surface area contributed by atoms with Gasteiger partial charge in [-0.1, -0.05) is 30.7 Å². The molecule has 0 amide bonds. The van der Waals surface area contributed by atoms with Crippen LogP contribution in [0.2, 0.25) is 0 Å². The lowest BCUT2D eigenvalue weighted by Gasteiger charge is -2.28. The smallest absolute Gasteiger partial charge is 0.0367 e. The van der Waals surface area contributed by atoms with Crippen LogP contribution in [0.1, 0.15) is 55.6 Å². The second kappa shape index (κ2) is 5.02. The Kier molecular flexibility index (Phi) is 3.42. The molecular formula is C16H21Cl. The van der Waals surface area contributed by atoms with E-state index in [9.17, 15) is 0 Å². The van der Waals surface area contributed by atoms with Crippen LogP contribution in [0.4, 0.5) is 0 Å². The molecule has 0 N–H and O–H groups in total. The van der Waals surface area contributed by atoms with Crippen molar-refractivity contribution in [1.29, 1.82) is 0 Å². The average molecular weight is 249 g/mol. The van der Waals surface area contributed by atoms with E-state index in [0.717, 1.165) is 18.3 Å². The number of alkyl halides is 1. The number of benzene rings is 1. The van der Waals surface area contributed by atoms with Gasteiger partial charge in [-0.2, -0.15) is 0 Å². The van der Waals surface area contributed by atoms with Crippen molar-refractivity contribution in [3.63, 3.8) is 0 Å². The zero-order chi connectivity index (χ0) is 11.7. The number of halogens is 1. The van der Waals surface area contributed by atoms with Crippen molar-refractivity contribution >= 4 is 11.6 Å². The first-order chi connectivity index (χ1) is 8.34. The van der Waals surface area contributed by atoms with E-state index in [2.05, 4.69) is 24.3 Å². The van der Waals surface area contributed by atoms with Gasteiger partial charge < -0.3 is 0 Å². The highest BCUT2D eigenvalue weighted by atomic mass is 35.5. The van der Waals surface area contributed by atoms with E-state index in [-0.39, 0.29) is 0 Å². The van der Waals surface area contributed by atoms with Crippen LogP contribution in [0.3, 0.4) is 0 Å². The third-order valence-electron chi connectivity index (χ3n) is 4.42. The lowest BCUT2D eigenvalue weighted by atomic mass is 9.77. The van der Waals surface area contributed by atoms with Gasteiger partial charge in [0.2, 0.25) is 0 Å². The van der Waals surface area contributed by atoms with E-state index in [1.54, 1.807) is 11.1 Å². The molecule has 3 rings (SSSR count). The Hall–Kier alpha value is -0.490. The fraction of sp³-hybridized carbons (Fsp3) is 0.625. The summed E-state index contributed by atoms with van der Waals surface area (Å²) in [6.07, 6.45) is 9.26. The summed E-state index contributed by atoms with van der Waals surface area (Å²) in [6, 6.07) is 9.01. The third-order valence-corrected chi connectivity index (χ3v) is 5.00. The lowest BCUT2D eigenvalue weighted by molar-refractivity contribution is 0.417. The topological polar surface area (TPSA) is 0 Å². The van der Waals surface area contributed by atoms with Crippen molar-refractivity contribution in [2.45, 2.75) is 56.2 Å². The van der Waals surface area contributed by atoms with Crippen molar-refractivity contribution in [2.24, 2.45) is 5.92 Å². The molecule has 0 bridgehead atoms. The summed E-state index contributed by atoms with van der Waals surface area (Å²) in [6.45, 7) is 0. The first-order valence-electron chi connectivity index (χ1n) is 7.06. The van der Waals surface area contributed by atoms with Gasteiger partial charge in [-0.15, -0.1) is 11.6 Å². The summed E-state index contributed by atoms with van der Waals surface area (Å²) in [5.41, 5.74) is 3.17. The Morgan fingerprint density at radius 2 is 1.88 bits per heavy atom. The highest BCUT2D eigenvalue weighted by Gasteiger charge is 2.29. The molecule has 0 heterocycles. The normalized spacial score (nSPS) is 22.2. The lowest BCUT2D eigenvalue weighted by Crippen LogP contribution is -2.12. The highest BCUT2D eigenvalue weighted by Crippen LogP contribution is 2.40. The maximum Gasteiger partial charge on any atom is 0.0367 e. The molecule has 2 saturated carbocycles. The van der Waals surface area contributed by atoms with Crippen LogP contribution in [0.25, 0.3) is 0 Å². The van der Waals surface area contributed by atoms with Gasteiger partial charge in [-0.25, -0.2) is 0 Å². The fourth-order valence-electron chi connectivity index (χ4n) is 2.87. The minimum absolute atomic E-state index is 0.421. The molecule has 0 radical (unpaired) electrons. The molecule has 0 aromatic heterocycles. The molecule has 2 aliphatic carbocycles. The van der Waals surface area contributed by atoms with E-state index >= 15 is 0 Å². The molecule has 0 spiro atoms. The molecule has 1 unspecified atom stereocenters. The monoisotopic (exact) mass is 248 g/mol. The van der Waals surface area contributed by atoms with Gasteiger partial charge in [0.25, 0.3) is 0 Å². The standard InChI is InChI=1S/C16H21Cl/c17-16(14-8-9-14)11-10-13-4-1-2-7-15(13)12-5-3-6-12/h1-2,4,7,12,14,16H,3,5-6,8-11H2. The summed E-state index contributed by atoms with van der Waals surface area (Å²) in [5, 5.41) is 0.421. The summed E-state index contributed by atoms with van der Waals surface area (Å²) in [5.74, 6) is 1.67. The molecule has 1 aromatic rings. The molecule has 92 valence electrons. The molecule has 2 aliphatic rings. The second-order valence-electron chi connectivity index (χ2n) is 5.72. The van der Waals surface area contributed by atoms with E-state index in [1.807, 2.05) is 0 Å². The Bertz CT molecular complexity index is 377. The van der Waals surface area contributed by atoms with Crippen molar-refractivity contribution in [1.82, 2.24) is 0 Å². The van der Waals surface area contributed by atoms with Gasteiger partial charge in [0.15, 0.2) is 0 Å². The SMILES string of the molecule is ClC(CCc1ccccc1C1CCC1)C1CC1. The minimum atomic E-state index is 0.421. The van der Waals surface area contributed by atoms with Crippen LogP contribution in [0, 0.1) is 5.92 Å². The number of hydrogen-bond acceptors (Lipinski definition) is 0. The van der Waals surface area contributed by atoms with Gasteiger partial charge in [0.05, 0.1) is 0 Å². The van der Waals surface area contributed by atoms with Crippen LogP contribution in [0.5, 0.6) is 0 Å². The average Bonchev–Trinajstić information content (AvgIpc) is 3.09. The number of hydrogen-bond donors (Lipinski definition) is 0. The van der Waals surface area contributed by atoms with Gasteiger partial charge in [-0.05, 0) is 61.5 Å². The molecule has 0 aliphatic heterocycles. The van der Waals surface area contributed by atoms with Crippen LogP contribution >= 0.6 is 11.6 Å². The zero-order valence-electron chi connectivity index (χ0n) is 10.4. The van der Waals surface area contributed by atoms with Crippen LogP contribution in [-0.2, 0) is 6.42 Å². The van der Waals surface area contributed by atoms with Crippen molar-refractivity contribution in [2.75, 3.05) is 0 Å². The third kappa shape index (κ3) is 2.68. The van der Waals surface area contributed by atoms with Gasteiger partial charge in [0.1, 0.15) is 0 Å². The van der Waals surface area contributed by atoms with Crippen LogP contribution < -0.4 is 0 Å². The summed E-state index contributed by atoms with van der Waals surface area (Å²) in [7, 11) is 0. The Balaban J connectivity index is 1.64. The molecule has 17 heavy (non-hydrogen) atoms. The molecule has 0 saturated heterocycles. The van der Waals surface area contributed by atoms with Gasteiger partial charge in [0, 0.05) is 5.38 Å². The number of aryl methyl sites for hydroxylation is 1. The predicted octanol–water partition coefficient (Wildman–Crippen LogP) is 4.90. The van der Waals surface area contributed by atoms with Crippen molar-refractivity contribution in [3.05, 3.63) is 35.4 Å². The minimum Gasteiger partial charge on any atom is -0.123 e. The zero-order valence-corrected chi connectivity index (χ0v) is 11.1. The summed E-state index contributed by atoms with van der Waals surface area (Å²) >= 11 is 6.41. The quantitative estimate of drug-likeness (QED) is 0.650.